The summed E-state index contributed by atoms with van der Waals surface area (Å²) in [4.78, 5) is 3.91. The van der Waals surface area contributed by atoms with Crippen LogP contribution in [0.25, 0.3) is 11.1 Å². The van der Waals surface area contributed by atoms with Crippen LogP contribution >= 0.6 is 22.6 Å². The molecule has 5 heteroatoms. The fourth-order valence-corrected chi connectivity index (χ4v) is 2.04. The number of alkyl halides is 3. The maximum absolute atomic E-state index is 12.8. The van der Waals surface area contributed by atoms with Crippen molar-refractivity contribution >= 4 is 22.6 Å². The van der Waals surface area contributed by atoms with Gasteiger partial charge in [-0.2, -0.15) is 13.2 Å². The van der Waals surface area contributed by atoms with E-state index in [0.29, 0.717) is 5.56 Å². The molecule has 0 unspecified atom stereocenters. The molecule has 0 N–H and O–H groups in total. The maximum Gasteiger partial charge on any atom is 0.417 e. The molecule has 0 fully saturated rings. The second-order valence-corrected chi connectivity index (χ2v) is 4.68. The van der Waals surface area contributed by atoms with Crippen molar-refractivity contribution < 1.29 is 13.2 Å². The van der Waals surface area contributed by atoms with E-state index >= 15 is 0 Å². The van der Waals surface area contributed by atoms with Gasteiger partial charge in [-0.15, -0.1) is 0 Å². The third kappa shape index (κ3) is 2.77. The van der Waals surface area contributed by atoms with Crippen molar-refractivity contribution in [2.45, 2.75) is 6.18 Å². The van der Waals surface area contributed by atoms with Crippen molar-refractivity contribution in [2.75, 3.05) is 0 Å². The van der Waals surface area contributed by atoms with Gasteiger partial charge in [0.1, 0.15) is 0 Å². The normalized spacial score (nSPS) is 11.5. The van der Waals surface area contributed by atoms with E-state index in [1.165, 1.54) is 18.3 Å². The van der Waals surface area contributed by atoms with E-state index in [0.717, 1.165) is 9.64 Å². The van der Waals surface area contributed by atoms with E-state index in [9.17, 15) is 13.2 Å². The largest absolute Gasteiger partial charge is 0.417 e. The van der Waals surface area contributed by atoms with Gasteiger partial charge in [0.15, 0.2) is 0 Å². The number of benzene rings is 1. The molecule has 1 aromatic heterocycles. The summed E-state index contributed by atoms with van der Waals surface area (Å²) in [6, 6.07) is 7.18. The summed E-state index contributed by atoms with van der Waals surface area (Å²) in [6.45, 7) is 0. The highest BCUT2D eigenvalue weighted by atomic mass is 127. The van der Waals surface area contributed by atoms with Crippen LogP contribution < -0.4 is 0 Å². The SMILES string of the molecule is FC(F)(F)c1ccccc1-c1cncc(I)c1. The zero-order valence-corrected chi connectivity index (χ0v) is 10.7. The molecule has 1 nitrogen and oxygen atoms in total. The Morgan fingerprint density at radius 1 is 1.06 bits per heavy atom. The highest BCUT2D eigenvalue weighted by Crippen LogP contribution is 2.36. The van der Waals surface area contributed by atoms with E-state index < -0.39 is 11.7 Å². The molecule has 0 radical (unpaired) electrons. The molecule has 2 aromatic rings. The third-order valence-electron chi connectivity index (χ3n) is 2.25. The van der Waals surface area contributed by atoms with Crippen LogP contribution in [-0.2, 0) is 6.18 Å². The molecule has 1 aromatic carbocycles. The summed E-state index contributed by atoms with van der Waals surface area (Å²) >= 11 is 2.02. The van der Waals surface area contributed by atoms with Crippen LogP contribution in [0.5, 0.6) is 0 Å². The van der Waals surface area contributed by atoms with Gasteiger partial charge in [0.2, 0.25) is 0 Å². The zero-order chi connectivity index (χ0) is 12.5. The first-order chi connectivity index (χ1) is 7.98. The second-order valence-electron chi connectivity index (χ2n) is 3.44. The smallest absolute Gasteiger partial charge is 0.263 e. The summed E-state index contributed by atoms with van der Waals surface area (Å²) < 4.78 is 39.2. The van der Waals surface area contributed by atoms with Crippen molar-refractivity contribution in [1.29, 1.82) is 0 Å². The van der Waals surface area contributed by atoms with Gasteiger partial charge in [0.25, 0.3) is 0 Å². The monoisotopic (exact) mass is 349 g/mol. The van der Waals surface area contributed by atoms with Crippen LogP contribution in [0.15, 0.2) is 42.7 Å². The Morgan fingerprint density at radius 2 is 1.76 bits per heavy atom. The number of hydrogen-bond donors (Lipinski definition) is 0. The van der Waals surface area contributed by atoms with Crippen LogP contribution in [0.2, 0.25) is 0 Å². The summed E-state index contributed by atoms with van der Waals surface area (Å²) in [6.07, 6.45) is -1.31. The average Bonchev–Trinajstić information content (AvgIpc) is 2.28. The standard InChI is InChI=1S/C12H7F3IN/c13-12(14,15)11-4-2-1-3-10(11)8-5-9(16)7-17-6-8/h1-7H. The summed E-state index contributed by atoms with van der Waals surface area (Å²) in [5.41, 5.74) is -0.000332. The molecular weight excluding hydrogens is 342 g/mol. The van der Waals surface area contributed by atoms with E-state index in [1.807, 2.05) is 22.6 Å². The molecule has 88 valence electrons. The van der Waals surface area contributed by atoms with E-state index in [2.05, 4.69) is 4.98 Å². The molecular formula is C12H7F3IN. The summed E-state index contributed by atoms with van der Waals surface area (Å²) in [5, 5.41) is 0. The first-order valence-corrected chi connectivity index (χ1v) is 5.83. The van der Waals surface area contributed by atoms with Crippen molar-refractivity contribution in [3.8, 4) is 11.1 Å². The number of rotatable bonds is 1. The quantitative estimate of drug-likeness (QED) is 0.697. The number of halogens is 4. The Kier molecular flexibility index (Phi) is 3.37. The Bertz CT molecular complexity index is 537. The van der Waals surface area contributed by atoms with Gasteiger partial charge in [-0.1, -0.05) is 18.2 Å². The highest BCUT2D eigenvalue weighted by molar-refractivity contribution is 14.1. The lowest BCUT2D eigenvalue weighted by molar-refractivity contribution is -0.137. The van der Waals surface area contributed by atoms with Gasteiger partial charge in [-0.05, 0) is 40.3 Å². The van der Waals surface area contributed by atoms with Gasteiger partial charge in [-0.3, -0.25) is 4.98 Å². The topological polar surface area (TPSA) is 12.9 Å². The molecule has 0 aliphatic carbocycles. The minimum Gasteiger partial charge on any atom is -0.263 e. The van der Waals surface area contributed by atoms with Crippen molar-refractivity contribution in [2.24, 2.45) is 0 Å². The molecule has 0 saturated heterocycles. The average molecular weight is 349 g/mol. The fourth-order valence-electron chi connectivity index (χ4n) is 1.54. The van der Waals surface area contributed by atoms with E-state index in [4.69, 9.17) is 0 Å². The molecule has 0 saturated carbocycles. The van der Waals surface area contributed by atoms with Gasteiger partial charge in [-0.25, -0.2) is 0 Å². The summed E-state index contributed by atoms with van der Waals surface area (Å²) in [7, 11) is 0. The molecule has 0 bridgehead atoms. The lowest BCUT2D eigenvalue weighted by atomic mass is 10.0. The first kappa shape index (κ1) is 12.3. The molecule has 0 aliphatic heterocycles. The number of aromatic nitrogens is 1. The van der Waals surface area contributed by atoms with Gasteiger partial charge in [0.05, 0.1) is 5.56 Å². The molecule has 17 heavy (non-hydrogen) atoms. The zero-order valence-electron chi connectivity index (χ0n) is 8.50. The Balaban J connectivity index is 2.60. The molecule has 0 spiro atoms. The number of pyridine rings is 1. The Labute approximate surface area is 110 Å². The van der Waals surface area contributed by atoms with Crippen molar-refractivity contribution in [3.05, 3.63) is 51.9 Å². The van der Waals surface area contributed by atoms with Crippen LogP contribution in [0, 0.1) is 3.57 Å². The number of hydrogen-bond acceptors (Lipinski definition) is 1. The van der Waals surface area contributed by atoms with Crippen molar-refractivity contribution in [1.82, 2.24) is 4.98 Å². The fraction of sp³-hybridized carbons (Fsp3) is 0.0833. The predicted octanol–water partition coefficient (Wildman–Crippen LogP) is 4.37. The number of nitrogens with zero attached hydrogens (tertiary/aromatic N) is 1. The Morgan fingerprint density at radius 3 is 2.41 bits per heavy atom. The third-order valence-corrected chi connectivity index (χ3v) is 2.84. The molecule has 0 atom stereocenters. The summed E-state index contributed by atoms with van der Waals surface area (Å²) in [5.74, 6) is 0. The molecule has 0 amide bonds. The van der Waals surface area contributed by atoms with Crippen LogP contribution in [0.1, 0.15) is 5.56 Å². The maximum atomic E-state index is 12.8. The van der Waals surface area contributed by atoms with Crippen molar-refractivity contribution in [3.63, 3.8) is 0 Å². The van der Waals surface area contributed by atoms with E-state index in [-0.39, 0.29) is 5.56 Å². The van der Waals surface area contributed by atoms with Crippen LogP contribution in [0.4, 0.5) is 13.2 Å². The second kappa shape index (κ2) is 4.64. The van der Waals surface area contributed by atoms with Crippen LogP contribution in [0.3, 0.4) is 0 Å². The van der Waals surface area contributed by atoms with Gasteiger partial charge < -0.3 is 0 Å². The lowest BCUT2D eigenvalue weighted by Crippen LogP contribution is -2.06. The minimum absolute atomic E-state index is 0.158. The molecule has 1 heterocycles. The van der Waals surface area contributed by atoms with Crippen LogP contribution in [-0.4, -0.2) is 4.98 Å². The van der Waals surface area contributed by atoms with Gasteiger partial charge >= 0.3 is 6.18 Å². The molecule has 0 aliphatic rings. The molecule has 2 rings (SSSR count). The first-order valence-electron chi connectivity index (χ1n) is 4.75. The van der Waals surface area contributed by atoms with E-state index in [1.54, 1.807) is 18.3 Å². The predicted molar refractivity (Wildman–Crippen MR) is 67.4 cm³/mol. The van der Waals surface area contributed by atoms with Gasteiger partial charge in [0, 0.05) is 21.5 Å². The lowest BCUT2D eigenvalue weighted by Gasteiger charge is -2.12. The minimum atomic E-state index is -4.35. The highest BCUT2D eigenvalue weighted by Gasteiger charge is 2.33. The Hall–Kier alpha value is -1.11.